The highest BCUT2D eigenvalue weighted by atomic mass is 32.2. The molecule has 3 rings (SSSR count). The summed E-state index contributed by atoms with van der Waals surface area (Å²) < 4.78 is 0. The summed E-state index contributed by atoms with van der Waals surface area (Å²) in [5, 5.41) is 5.88. The van der Waals surface area contributed by atoms with Crippen LogP contribution in [0.1, 0.15) is 23.2 Å². The van der Waals surface area contributed by atoms with Gasteiger partial charge in [0.1, 0.15) is 5.82 Å². The summed E-state index contributed by atoms with van der Waals surface area (Å²) in [6.45, 7) is 1.62. The first-order valence-corrected chi connectivity index (χ1v) is 8.90. The van der Waals surface area contributed by atoms with Crippen molar-refractivity contribution in [3.05, 3.63) is 17.8 Å². The summed E-state index contributed by atoms with van der Waals surface area (Å²) in [4.78, 5) is 30.4. The first kappa shape index (κ1) is 15.1. The first-order chi connectivity index (χ1) is 10.7. The number of pyridine rings is 1. The molecule has 7 heteroatoms. The minimum atomic E-state index is -0.145. The van der Waals surface area contributed by atoms with Gasteiger partial charge in [-0.25, -0.2) is 4.98 Å². The molecule has 0 unspecified atom stereocenters. The van der Waals surface area contributed by atoms with Gasteiger partial charge in [0.2, 0.25) is 5.91 Å². The monoisotopic (exact) mass is 320 g/mol. The Bertz CT molecular complexity index is 589. The predicted octanol–water partition coefficient (Wildman–Crippen LogP) is 1.34. The van der Waals surface area contributed by atoms with E-state index < -0.39 is 0 Å². The Morgan fingerprint density at radius 1 is 1.55 bits per heavy atom. The highest BCUT2D eigenvalue weighted by molar-refractivity contribution is 7.98. The van der Waals surface area contributed by atoms with Crippen LogP contribution in [0.4, 0.5) is 11.5 Å². The highest BCUT2D eigenvalue weighted by Gasteiger charge is 2.31. The molecule has 2 heterocycles. The van der Waals surface area contributed by atoms with E-state index >= 15 is 0 Å². The lowest BCUT2D eigenvalue weighted by Gasteiger charge is -2.29. The lowest BCUT2D eigenvalue weighted by molar-refractivity contribution is -0.117. The van der Waals surface area contributed by atoms with E-state index in [4.69, 9.17) is 0 Å². The summed E-state index contributed by atoms with van der Waals surface area (Å²) in [6.07, 6.45) is 5.91. The SMILES string of the molecule is CSCCNC(=O)c1cnc2c(c1)N(CC1CC1)C(=O)CN2. The molecule has 22 heavy (non-hydrogen) atoms. The second-order valence-corrected chi connectivity index (χ2v) is 6.63. The van der Waals surface area contributed by atoms with Crippen molar-refractivity contribution in [3.63, 3.8) is 0 Å². The van der Waals surface area contributed by atoms with Crippen LogP contribution >= 0.6 is 11.8 Å². The normalized spacial score (nSPS) is 17.0. The molecule has 1 aliphatic heterocycles. The number of hydrogen-bond acceptors (Lipinski definition) is 5. The van der Waals surface area contributed by atoms with E-state index in [1.165, 1.54) is 12.8 Å². The van der Waals surface area contributed by atoms with Crippen LogP contribution in [0.15, 0.2) is 12.3 Å². The number of anilines is 2. The van der Waals surface area contributed by atoms with Crippen LogP contribution in [-0.2, 0) is 4.79 Å². The van der Waals surface area contributed by atoms with Crippen molar-refractivity contribution < 1.29 is 9.59 Å². The van der Waals surface area contributed by atoms with Gasteiger partial charge in [0.05, 0.1) is 17.8 Å². The van der Waals surface area contributed by atoms with E-state index in [1.807, 2.05) is 6.26 Å². The fourth-order valence-electron chi connectivity index (χ4n) is 2.44. The van der Waals surface area contributed by atoms with E-state index in [-0.39, 0.29) is 18.4 Å². The Morgan fingerprint density at radius 2 is 2.36 bits per heavy atom. The quantitative estimate of drug-likeness (QED) is 0.774. The zero-order valence-corrected chi connectivity index (χ0v) is 13.4. The molecule has 6 nitrogen and oxygen atoms in total. The second-order valence-electron chi connectivity index (χ2n) is 5.64. The number of amides is 2. The van der Waals surface area contributed by atoms with Crippen LogP contribution in [-0.4, -0.2) is 48.4 Å². The van der Waals surface area contributed by atoms with Gasteiger partial charge >= 0.3 is 0 Å². The fraction of sp³-hybridized carbons (Fsp3) is 0.533. The molecule has 2 amide bonds. The van der Waals surface area contributed by atoms with E-state index in [9.17, 15) is 9.59 Å². The standard InChI is InChI=1S/C15H20N4O2S/c1-22-5-4-16-15(21)11-6-12-14(17-7-11)18-8-13(20)19(12)9-10-2-3-10/h6-7,10H,2-5,8-9H2,1H3,(H,16,21)(H,17,18). The van der Waals surface area contributed by atoms with Gasteiger partial charge in [0.15, 0.2) is 0 Å². The maximum Gasteiger partial charge on any atom is 0.252 e. The number of fused-ring (bicyclic) bond motifs is 1. The van der Waals surface area contributed by atoms with Crippen LogP contribution in [0.5, 0.6) is 0 Å². The van der Waals surface area contributed by atoms with Crippen molar-refractivity contribution in [2.24, 2.45) is 5.92 Å². The molecule has 1 aromatic heterocycles. The number of carbonyl (C=O) groups excluding carboxylic acids is 2. The Hall–Kier alpha value is -1.76. The molecule has 1 saturated carbocycles. The van der Waals surface area contributed by atoms with Crippen molar-refractivity contribution in [2.75, 3.05) is 41.9 Å². The molecule has 1 aliphatic carbocycles. The molecule has 0 saturated heterocycles. The number of thioether (sulfide) groups is 1. The molecule has 0 atom stereocenters. The van der Waals surface area contributed by atoms with Crippen LogP contribution in [0.25, 0.3) is 0 Å². The Balaban J connectivity index is 1.79. The second kappa shape index (κ2) is 6.56. The molecule has 0 aromatic carbocycles. The lowest BCUT2D eigenvalue weighted by atomic mass is 10.2. The third kappa shape index (κ3) is 3.35. The van der Waals surface area contributed by atoms with E-state index in [0.29, 0.717) is 23.8 Å². The number of carbonyl (C=O) groups is 2. The van der Waals surface area contributed by atoms with Crippen molar-refractivity contribution in [1.29, 1.82) is 0 Å². The van der Waals surface area contributed by atoms with Gasteiger partial charge < -0.3 is 15.5 Å². The topological polar surface area (TPSA) is 74.3 Å². The summed E-state index contributed by atoms with van der Waals surface area (Å²) in [6, 6.07) is 1.77. The Labute approximate surface area is 134 Å². The van der Waals surface area contributed by atoms with Crippen LogP contribution in [0.2, 0.25) is 0 Å². The van der Waals surface area contributed by atoms with Crippen LogP contribution < -0.4 is 15.5 Å². The van der Waals surface area contributed by atoms with Crippen molar-refractivity contribution in [1.82, 2.24) is 10.3 Å². The van der Waals surface area contributed by atoms with Gasteiger partial charge in [-0.1, -0.05) is 0 Å². The zero-order chi connectivity index (χ0) is 15.5. The molecule has 0 spiro atoms. The molecule has 1 fully saturated rings. The van der Waals surface area contributed by atoms with Gasteiger partial charge in [-0.2, -0.15) is 11.8 Å². The van der Waals surface area contributed by atoms with E-state index in [0.717, 1.165) is 18.0 Å². The van der Waals surface area contributed by atoms with Gasteiger partial charge in [-0.05, 0) is 31.1 Å². The van der Waals surface area contributed by atoms with Crippen molar-refractivity contribution >= 4 is 35.1 Å². The number of hydrogen-bond donors (Lipinski definition) is 2. The van der Waals surface area contributed by atoms with Gasteiger partial charge in [0.25, 0.3) is 5.91 Å². The molecular weight excluding hydrogens is 300 g/mol. The summed E-state index contributed by atoms with van der Waals surface area (Å²) >= 11 is 1.68. The summed E-state index contributed by atoms with van der Waals surface area (Å²) in [5.74, 6) is 2.04. The largest absolute Gasteiger partial charge is 0.359 e. The minimum Gasteiger partial charge on any atom is -0.359 e. The van der Waals surface area contributed by atoms with Gasteiger partial charge in [-0.15, -0.1) is 0 Å². The number of rotatable bonds is 6. The van der Waals surface area contributed by atoms with Crippen molar-refractivity contribution in [3.8, 4) is 0 Å². The van der Waals surface area contributed by atoms with Crippen molar-refractivity contribution in [2.45, 2.75) is 12.8 Å². The average Bonchev–Trinajstić information content (AvgIpc) is 3.34. The summed E-state index contributed by atoms with van der Waals surface area (Å²) in [7, 11) is 0. The van der Waals surface area contributed by atoms with E-state index in [1.54, 1.807) is 28.9 Å². The Morgan fingerprint density at radius 3 is 3.09 bits per heavy atom. The predicted molar refractivity (Wildman–Crippen MR) is 88.5 cm³/mol. The highest BCUT2D eigenvalue weighted by Crippen LogP contribution is 2.35. The van der Waals surface area contributed by atoms with Crippen LogP contribution in [0, 0.1) is 5.92 Å². The van der Waals surface area contributed by atoms with Gasteiger partial charge in [-0.3, -0.25) is 9.59 Å². The molecule has 1 aromatic rings. The number of aromatic nitrogens is 1. The first-order valence-electron chi connectivity index (χ1n) is 7.50. The molecule has 2 aliphatic rings. The molecule has 0 bridgehead atoms. The Kier molecular flexibility index (Phi) is 4.52. The smallest absolute Gasteiger partial charge is 0.252 e. The molecular formula is C15H20N4O2S. The maximum atomic E-state index is 12.1. The fourth-order valence-corrected chi connectivity index (χ4v) is 2.74. The maximum absolute atomic E-state index is 12.1. The molecule has 2 N–H and O–H groups in total. The lowest BCUT2D eigenvalue weighted by Crippen LogP contribution is -2.41. The molecule has 0 radical (unpaired) electrons. The van der Waals surface area contributed by atoms with Gasteiger partial charge in [0, 0.05) is 25.0 Å². The third-order valence-corrected chi connectivity index (χ3v) is 4.47. The van der Waals surface area contributed by atoms with E-state index in [2.05, 4.69) is 15.6 Å². The number of nitrogens with one attached hydrogen (secondary N) is 2. The van der Waals surface area contributed by atoms with Crippen LogP contribution in [0.3, 0.4) is 0 Å². The molecule has 118 valence electrons. The summed E-state index contributed by atoms with van der Waals surface area (Å²) in [5.41, 5.74) is 1.22. The minimum absolute atomic E-state index is 0.0427. The zero-order valence-electron chi connectivity index (χ0n) is 12.6. The third-order valence-electron chi connectivity index (χ3n) is 3.86. The number of nitrogens with zero attached hydrogens (tertiary/aromatic N) is 2. The average molecular weight is 320 g/mol.